The van der Waals surface area contributed by atoms with Gasteiger partial charge >= 0.3 is 0 Å². The van der Waals surface area contributed by atoms with Crippen LogP contribution in [-0.4, -0.2) is 44.2 Å². The van der Waals surface area contributed by atoms with Crippen molar-refractivity contribution in [1.29, 1.82) is 0 Å². The van der Waals surface area contributed by atoms with Crippen LogP contribution in [0.5, 0.6) is 0 Å². The Hall–Kier alpha value is -4.24. The summed E-state index contributed by atoms with van der Waals surface area (Å²) in [6, 6.07) is 17.4. The molecule has 1 saturated heterocycles. The number of rotatable bonds is 7. The van der Waals surface area contributed by atoms with E-state index in [0.717, 1.165) is 41.3 Å². The number of amides is 1. The first kappa shape index (κ1) is 22.0. The molecule has 4 aromatic rings. The number of aliphatic hydroxyl groups is 1. The van der Waals surface area contributed by atoms with E-state index in [1.165, 1.54) is 12.8 Å². The van der Waals surface area contributed by atoms with Gasteiger partial charge in [-0.2, -0.15) is 0 Å². The number of nitrogens with zero attached hydrogens (tertiary/aromatic N) is 4. The average Bonchev–Trinajstić information content (AvgIpc) is 3.38. The van der Waals surface area contributed by atoms with Crippen LogP contribution in [0.3, 0.4) is 0 Å². The molecule has 2 aliphatic heterocycles. The number of piperidine rings is 1. The number of hydrogen-bond acceptors (Lipinski definition) is 8. The first-order valence-corrected chi connectivity index (χ1v) is 12.6. The van der Waals surface area contributed by atoms with E-state index in [2.05, 4.69) is 36.8 Å². The molecule has 4 heterocycles. The maximum Gasteiger partial charge on any atom is 0.254 e. The van der Waals surface area contributed by atoms with Gasteiger partial charge in [-0.25, -0.2) is 4.98 Å². The van der Waals surface area contributed by atoms with Gasteiger partial charge in [-0.15, -0.1) is 10.2 Å². The predicted octanol–water partition coefficient (Wildman–Crippen LogP) is 4.56. The van der Waals surface area contributed by atoms with Gasteiger partial charge in [0.05, 0.1) is 29.9 Å². The lowest BCUT2D eigenvalue weighted by Gasteiger charge is -2.29. The van der Waals surface area contributed by atoms with Crippen LogP contribution in [-0.2, 0) is 0 Å². The number of hydrogen-bond donors (Lipinski definition) is 3. The van der Waals surface area contributed by atoms with Crippen LogP contribution >= 0.6 is 0 Å². The van der Waals surface area contributed by atoms with E-state index in [-0.39, 0.29) is 24.6 Å². The highest BCUT2D eigenvalue weighted by Gasteiger charge is 2.51. The molecule has 186 valence electrons. The van der Waals surface area contributed by atoms with Crippen LogP contribution in [0.1, 0.15) is 46.4 Å². The smallest absolute Gasteiger partial charge is 0.254 e. The highest BCUT2D eigenvalue weighted by Crippen LogP contribution is 2.54. The molecule has 4 atom stereocenters. The third-order valence-corrected chi connectivity index (χ3v) is 7.79. The Bertz CT molecular complexity index is 1460. The lowest BCUT2D eigenvalue weighted by Crippen LogP contribution is -2.33. The molecule has 0 bridgehead atoms. The molecule has 2 aromatic heterocycles. The normalized spacial score (nSPS) is 22.1. The second-order valence-electron chi connectivity index (χ2n) is 10.0. The summed E-state index contributed by atoms with van der Waals surface area (Å²) in [6.07, 6.45) is 5.25. The van der Waals surface area contributed by atoms with Gasteiger partial charge in [-0.3, -0.25) is 4.79 Å². The lowest BCUT2D eigenvalue weighted by atomic mass is 9.96. The van der Waals surface area contributed by atoms with Gasteiger partial charge in [-0.1, -0.05) is 30.3 Å². The number of benzene rings is 2. The topological polar surface area (TPSA) is 116 Å². The van der Waals surface area contributed by atoms with Crippen molar-refractivity contribution in [3.63, 3.8) is 0 Å². The van der Waals surface area contributed by atoms with E-state index in [9.17, 15) is 9.90 Å². The molecule has 9 heteroatoms. The van der Waals surface area contributed by atoms with E-state index < -0.39 is 0 Å². The fourth-order valence-corrected chi connectivity index (χ4v) is 5.76. The lowest BCUT2D eigenvalue weighted by molar-refractivity contribution is 0.0660. The SMILES string of the molecule is O=C1c2ccc(Nc3cc(N[C@H](CO)c4ccccc4)c(-c4nnco4)cn3)cc2C2CC3CC3CN12. The molecule has 0 spiro atoms. The molecule has 1 aliphatic carbocycles. The van der Waals surface area contributed by atoms with Gasteiger partial charge in [0.25, 0.3) is 11.8 Å². The minimum atomic E-state index is -0.340. The summed E-state index contributed by atoms with van der Waals surface area (Å²) in [5.41, 5.74) is 5.06. The molecule has 1 amide bonds. The molecule has 1 saturated carbocycles. The number of pyridine rings is 1. The molecule has 3 N–H and O–H groups in total. The molecule has 9 nitrogen and oxygen atoms in total. The fourth-order valence-electron chi connectivity index (χ4n) is 5.76. The molecule has 2 fully saturated rings. The molecule has 0 radical (unpaired) electrons. The van der Waals surface area contributed by atoms with Crippen LogP contribution in [0.4, 0.5) is 17.2 Å². The summed E-state index contributed by atoms with van der Waals surface area (Å²) < 4.78 is 5.44. The van der Waals surface area contributed by atoms with Crippen LogP contribution in [0.25, 0.3) is 11.5 Å². The van der Waals surface area contributed by atoms with Crippen molar-refractivity contribution in [2.45, 2.75) is 24.9 Å². The van der Waals surface area contributed by atoms with Crippen molar-refractivity contribution >= 4 is 23.1 Å². The van der Waals surface area contributed by atoms with E-state index in [4.69, 9.17) is 4.42 Å². The zero-order valence-corrected chi connectivity index (χ0v) is 20.0. The molecule has 2 aromatic carbocycles. The third-order valence-electron chi connectivity index (χ3n) is 7.79. The molecule has 3 aliphatic rings. The number of carbonyl (C=O) groups is 1. The molecule has 3 unspecified atom stereocenters. The number of fused-ring (bicyclic) bond motifs is 4. The number of anilines is 3. The molecule has 37 heavy (non-hydrogen) atoms. The van der Waals surface area contributed by atoms with E-state index in [0.29, 0.717) is 28.9 Å². The zero-order chi connectivity index (χ0) is 24.9. The first-order chi connectivity index (χ1) is 18.2. The van der Waals surface area contributed by atoms with Gasteiger partial charge < -0.3 is 25.1 Å². The van der Waals surface area contributed by atoms with Crippen molar-refractivity contribution in [3.8, 4) is 11.5 Å². The van der Waals surface area contributed by atoms with Crippen molar-refractivity contribution in [3.05, 3.63) is 83.9 Å². The van der Waals surface area contributed by atoms with Gasteiger partial charge in [0, 0.05) is 30.1 Å². The first-order valence-electron chi connectivity index (χ1n) is 12.6. The summed E-state index contributed by atoms with van der Waals surface area (Å²) in [4.78, 5) is 19.6. The monoisotopic (exact) mass is 494 g/mol. The Labute approximate surface area is 213 Å². The summed E-state index contributed by atoms with van der Waals surface area (Å²) >= 11 is 0. The van der Waals surface area contributed by atoms with Gasteiger partial charge in [-0.05, 0) is 54.0 Å². The van der Waals surface area contributed by atoms with E-state index >= 15 is 0 Å². The van der Waals surface area contributed by atoms with Crippen LogP contribution < -0.4 is 10.6 Å². The second kappa shape index (κ2) is 8.70. The van der Waals surface area contributed by atoms with Crippen molar-refractivity contribution in [1.82, 2.24) is 20.1 Å². The zero-order valence-electron chi connectivity index (χ0n) is 20.0. The molecule has 7 rings (SSSR count). The summed E-state index contributed by atoms with van der Waals surface area (Å²) in [6.45, 7) is 0.781. The summed E-state index contributed by atoms with van der Waals surface area (Å²) in [5, 5.41) is 24.8. The van der Waals surface area contributed by atoms with Crippen LogP contribution in [0.2, 0.25) is 0 Å². The minimum Gasteiger partial charge on any atom is -0.423 e. The van der Waals surface area contributed by atoms with Crippen molar-refractivity contribution in [2.75, 3.05) is 23.8 Å². The third kappa shape index (κ3) is 3.92. The Balaban J connectivity index is 1.19. The number of nitrogens with one attached hydrogen (secondary N) is 2. The van der Waals surface area contributed by atoms with Crippen molar-refractivity contribution < 1.29 is 14.3 Å². The Morgan fingerprint density at radius 1 is 1.08 bits per heavy atom. The van der Waals surface area contributed by atoms with Crippen LogP contribution in [0.15, 0.2) is 71.6 Å². The predicted molar refractivity (Wildman–Crippen MR) is 137 cm³/mol. The molecular formula is C28H26N6O3. The van der Waals surface area contributed by atoms with Gasteiger partial charge in [0.1, 0.15) is 5.82 Å². The van der Waals surface area contributed by atoms with Gasteiger partial charge in [0.2, 0.25) is 6.39 Å². The van der Waals surface area contributed by atoms with E-state index in [1.807, 2.05) is 48.5 Å². The number of aliphatic hydroxyl groups excluding tert-OH is 1. The maximum absolute atomic E-state index is 13.0. The average molecular weight is 495 g/mol. The number of carbonyl (C=O) groups excluding carboxylic acids is 1. The summed E-state index contributed by atoms with van der Waals surface area (Å²) in [5.74, 6) is 2.55. The standard InChI is InChI=1S/C28H26N6O3/c35-14-24(16-4-2-1-3-5-16)32-23-11-26(29-12-22(23)27-33-30-15-37-27)31-19-6-7-20-21(10-19)25-9-17-8-18(17)13-34(25)28(20)36/h1-7,10-12,15,17-18,24-25,35H,8-9,13-14H2,(H2,29,31,32)/t17?,18?,24-,25?/m1/s1. The maximum atomic E-state index is 13.0. The Morgan fingerprint density at radius 2 is 1.97 bits per heavy atom. The largest absolute Gasteiger partial charge is 0.423 e. The Kier molecular flexibility index (Phi) is 5.17. The van der Waals surface area contributed by atoms with E-state index in [1.54, 1.807) is 6.20 Å². The molecular weight excluding hydrogens is 468 g/mol. The number of aromatic nitrogens is 3. The summed E-state index contributed by atoms with van der Waals surface area (Å²) in [7, 11) is 0. The van der Waals surface area contributed by atoms with Crippen LogP contribution in [0, 0.1) is 11.8 Å². The van der Waals surface area contributed by atoms with Gasteiger partial charge in [0.15, 0.2) is 0 Å². The highest BCUT2D eigenvalue weighted by atomic mass is 16.4. The quantitative estimate of drug-likeness (QED) is 0.342. The second-order valence-corrected chi connectivity index (χ2v) is 10.0. The Morgan fingerprint density at radius 3 is 2.78 bits per heavy atom. The minimum absolute atomic E-state index is 0.100. The fraction of sp³-hybridized carbons (Fsp3) is 0.286. The van der Waals surface area contributed by atoms with Crippen molar-refractivity contribution in [2.24, 2.45) is 11.8 Å². The highest BCUT2D eigenvalue weighted by molar-refractivity contribution is 6.00.